The molecule has 0 aliphatic carbocycles. The van der Waals surface area contributed by atoms with Gasteiger partial charge in [-0.15, -0.1) is 0 Å². The number of benzene rings is 1. The summed E-state index contributed by atoms with van der Waals surface area (Å²) in [7, 11) is 0. The summed E-state index contributed by atoms with van der Waals surface area (Å²) in [4.78, 5) is 0. The average Bonchev–Trinajstić information content (AvgIpc) is 2.25. The van der Waals surface area contributed by atoms with Crippen molar-refractivity contribution in [2.75, 3.05) is 13.2 Å². The Balaban J connectivity index is 2.91. The topological polar surface area (TPSA) is 66.5 Å². The third kappa shape index (κ3) is 2.74. The Morgan fingerprint density at radius 2 is 2.06 bits per heavy atom. The number of aromatic hydroxyl groups is 1. The molecule has 4 N–H and O–H groups in total. The van der Waals surface area contributed by atoms with Crippen molar-refractivity contribution in [1.82, 2.24) is 0 Å². The Bertz CT molecular complexity index is 332. The van der Waals surface area contributed by atoms with Gasteiger partial charge in [0, 0.05) is 12.0 Å². The van der Waals surface area contributed by atoms with E-state index in [9.17, 15) is 10.2 Å². The Labute approximate surface area is 96.9 Å². The number of hydrogen-bond donors (Lipinski definition) is 3. The zero-order chi connectivity index (χ0) is 12.2. The highest BCUT2D eigenvalue weighted by Crippen LogP contribution is 2.31. The van der Waals surface area contributed by atoms with Crippen LogP contribution in [0, 0.1) is 11.3 Å². The fourth-order valence-corrected chi connectivity index (χ4v) is 1.89. The van der Waals surface area contributed by atoms with Crippen LogP contribution in [0.1, 0.15) is 19.4 Å². The van der Waals surface area contributed by atoms with Crippen LogP contribution in [-0.2, 0) is 6.42 Å². The van der Waals surface area contributed by atoms with Crippen molar-refractivity contribution >= 4 is 0 Å². The molecule has 0 saturated carbocycles. The van der Waals surface area contributed by atoms with Gasteiger partial charge in [0.1, 0.15) is 5.75 Å². The zero-order valence-corrected chi connectivity index (χ0v) is 9.98. The van der Waals surface area contributed by atoms with Crippen molar-refractivity contribution in [2.45, 2.75) is 20.3 Å². The van der Waals surface area contributed by atoms with Crippen LogP contribution in [0.4, 0.5) is 0 Å². The molecule has 1 aromatic rings. The van der Waals surface area contributed by atoms with Gasteiger partial charge in [0.25, 0.3) is 0 Å². The fourth-order valence-electron chi connectivity index (χ4n) is 1.89. The maximum absolute atomic E-state index is 9.54. The molecule has 1 unspecified atom stereocenters. The molecule has 0 aromatic heterocycles. The minimum Gasteiger partial charge on any atom is -0.508 e. The highest BCUT2D eigenvalue weighted by molar-refractivity contribution is 5.28. The number of phenolic OH excluding ortho intramolecular Hbond substituents is 1. The lowest BCUT2D eigenvalue weighted by Crippen LogP contribution is -2.41. The highest BCUT2D eigenvalue weighted by atomic mass is 16.3. The molecule has 1 aromatic carbocycles. The summed E-state index contributed by atoms with van der Waals surface area (Å²) in [5.74, 6) is 0.551. The number of phenols is 1. The summed E-state index contributed by atoms with van der Waals surface area (Å²) < 4.78 is 0. The number of aliphatic hydroxyl groups excluding tert-OH is 1. The summed E-state index contributed by atoms with van der Waals surface area (Å²) >= 11 is 0. The number of hydrogen-bond acceptors (Lipinski definition) is 3. The maximum atomic E-state index is 9.54. The van der Waals surface area contributed by atoms with Gasteiger partial charge in [-0.1, -0.05) is 26.0 Å². The van der Waals surface area contributed by atoms with Crippen LogP contribution in [0.5, 0.6) is 5.75 Å². The summed E-state index contributed by atoms with van der Waals surface area (Å²) in [5.41, 5.74) is 6.49. The van der Waals surface area contributed by atoms with Crippen molar-refractivity contribution in [1.29, 1.82) is 0 Å². The number of aliphatic hydroxyl groups is 1. The first-order valence-corrected chi connectivity index (χ1v) is 5.63. The largest absolute Gasteiger partial charge is 0.508 e. The minimum atomic E-state index is -0.298. The number of nitrogens with two attached hydrogens (primary N) is 1. The van der Waals surface area contributed by atoms with Crippen molar-refractivity contribution in [3.63, 3.8) is 0 Å². The van der Waals surface area contributed by atoms with Gasteiger partial charge in [0.05, 0.1) is 6.61 Å². The molecule has 0 bridgehead atoms. The molecule has 3 heteroatoms. The first-order valence-electron chi connectivity index (χ1n) is 5.63. The standard InChI is InChI=1S/C13H21NO2/c1-10(2)13(8-14,9-15)7-11-4-3-5-12(16)6-11/h3-6,10,15-16H,7-9,14H2,1-2H3. The summed E-state index contributed by atoms with van der Waals surface area (Å²) in [6.45, 7) is 4.63. The SMILES string of the molecule is CC(C)C(CN)(CO)Cc1cccc(O)c1. The lowest BCUT2D eigenvalue weighted by atomic mass is 9.73. The maximum Gasteiger partial charge on any atom is 0.115 e. The highest BCUT2D eigenvalue weighted by Gasteiger charge is 2.31. The Hall–Kier alpha value is -1.06. The van der Waals surface area contributed by atoms with E-state index in [1.807, 2.05) is 12.1 Å². The monoisotopic (exact) mass is 223 g/mol. The quantitative estimate of drug-likeness (QED) is 0.709. The van der Waals surface area contributed by atoms with Gasteiger partial charge < -0.3 is 15.9 Å². The van der Waals surface area contributed by atoms with Gasteiger partial charge in [-0.3, -0.25) is 0 Å². The van der Waals surface area contributed by atoms with Gasteiger partial charge in [-0.05, 0) is 30.0 Å². The lowest BCUT2D eigenvalue weighted by Gasteiger charge is -2.34. The van der Waals surface area contributed by atoms with E-state index in [2.05, 4.69) is 13.8 Å². The molecule has 0 amide bonds. The number of rotatable bonds is 5. The second-order valence-corrected chi connectivity index (χ2v) is 4.73. The normalized spacial score (nSPS) is 15.1. The van der Waals surface area contributed by atoms with E-state index in [-0.39, 0.29) is 17.8 Å². The van der Waals surface area contributed by atoms with Crippen molar-refractivity contribution in [2.24, 2.45) is 17.1 Å². The molecule has 0 radical (unpaired) electrons. The second-order valence-electron chi connectivity index (χ2n) is 4.73. The van der Waals surface area contributed by atoms with E-state index in [1.54, 1.807) is 12.1 Å². The van der Waals surface area contributed by atoms with Crippen molar-refractivity contribution in [3.05, 3.63) is 29.8 Å². The predicted molar refractivity (Wildman–Crippen MR) is 65.2 cm³/mol. The molecule has 0 spiro atoms. The molecule has 0 aliphatic rings. The van der Waals surface area contributed by atoms with Crippen LogP contribution in [0.3, 0.4) is 0 Å². The van der Waals surface area contributed by atoms with Crippen LogP contribution >= 0.6 is 0 Å². The lowest BCUT2D eigenvalue weighted by molar-refractivity contribution is 0.0842. The molecule has 1 atom stereocenters. The van der Waals surface area contributed by atoms with E-state index in [0.29, 0.717) is 18.9 Å². The predicted octanol–water partition coefficient (Wildman–Crippen LogP) is 1.53. The Morgan fingerprint density at radius 3 is 2.50 bits per heavy atom. The van der Waals surface area contributed by atoms with E-state index < -0.39 is 0 Å². The molecule has 0 saturated heterocycles. The fraction of sp³-hybridized carbons (Fsp3) is 0.538. The smallest absolute Gasteiger partial charge is 0.115 e. The van der Waals surface area contributed by atoms with E-state index in [4.69, 9.17) is 5.73 Å². The first kappa shape index (κ1) is 13.0. The molecular weight excluding hydrogens is 202 g/mol. The van der Waals surface area contributed by atoms with Gasteiger partial charge in [0.15, 0.2) is 0 Å². The second kappa shape index (κ2) is 5.32. The van der Waals surface area contributed by atoms with Crippen LogP contribution < -0.4 is 5.73 Å². The van der Waals surface area contributed by atoms with Gasteiger partial charge >= 0.3 is 0 Å². The minimum absolute atomic E-state index is 0.0663. The summed E-state index contributed by atoms with van der Waals surface area (Å²) in [6, 6.07) is 7.12. The van der Waals surface area contributed by atoms with Gasteiger partial charge in [-0.25, -0.2) is 0 Å². The Morgan fingerprint density at radius 1 is 1.38 bits per heavy atom. The van der Waals surface area contributed by atoms with Crippen molar-refractivity contribution in [3.8, 4) is 5.75 Å². The average molecular weight is 223 g/mol. The zero-order valence-electron chi connectivity index (χ0n) is 9.98. The molecule has 90 valence electrons. The van der Waals surface area contributed by atoms with Crippen LogP contribution in [0.15, 0.2) is 24.3 Å². The molecule has 0 fully saturated rings. The van der Waals surface area contributed by atoms with E-state index >= 15 is 0 Å². The van der Waals surface area contributed by atoms with Crippen LogP contribution in [0.2, 0.25) is 0 Å². The first-order chi connectivity index (χ1) is 7.54. The third-order valence-electron chi connectivity index (χ3n) is 3.41. The van der Waals surface area contributed by atoms with Crippen LogP contribution in [0.25, 0.3) is 0 Å². The van der Waals surface area contributed by atoms with Crippen LogP contribution in [-0.4, -0.2) is 23.4 Å². The van der Waals surface area contributed by atoms with E-state index in [0.717, 1.165) is 5.56 Å². The summed E-state index contributed by atoms with van der Waals surface area (Å²) in [5, 5.41) is 18.9. The molecule has 1 rings (SSSR count). The summed E-state index contributed by atoms with van der Waals surface area (Å²) in [6.07, 6.45) is 0.687. The van der Waals surface area contributed by atoms with Crippen molar-refractivity contribution < 1.29 is 10.2 Å². The van der Waals surface area contributed by atoms with Gasteiger partial charge in [-0.2, -0.15) is 0 Å². The molecule has 16 heavy (non-hydrogen) atoms. The Kier molecular flexibility index (Phi) is 4.33. The molecule has 0 aliphatic heterocycles. The van der Waals surface area contributed by atoms with E-state index in [1.165, 1.54) is 0 Å². The van der Waals surface area contributed by atoms with Gasteiger partial charge in [0.2, 0.25) is 0 Å². The molecule has 3 nitrogen and oxygen atoms in total. The molecular formula is C13H21NO2. The third-order valence-corrected chi connectivity index (χ3v) is 3.41. The molecule has 0 heterocycles.